The van der Waals surface area contributed by atoms with Crippen molar-refractivity contribution < 1.29 is 9.90 Å². The van der Waals surface area contributed by atoms with E-state index >= 15 is 0 Å². The van der Waals surface area contributed by atoms with Crippen LogP contribution in [0.25, 0.3) is 0 Å². The molecule has 0 unspecified atom stereocenters. The smallest absolute Gasteiger partial charge is 0.253 e. The van der Waals surface area contributed by atoms with Gasteiger partial charge in [0, 0.05) is 13.2 Å². The molecule has 1 aromatic rings. The van der Waals surface area contributed by atoms with Gasteiger partial charge in [-0.1, -0.05) is 23.2 Å². The Kier molecular flexibility index (Phi) is 4.68. The molecule has 0 saturated carbocycles. The van der Waals surface area contributed by atoms with Gasteiger partial charge in [-0.25, -0.2) is 0 Å². The highest BCUT2D eigenvalue weighted by Gasteiger charge is 2.13. The number of nitrogens with one attached hydrogen (secondary N) is 1. The summed E-state index contributed by atoms with van der Waals surface area (Å²) in [6, 6.07) is 1.53. The Morgan fingerprint density at radius 2 is 2.29 bits per heavy atom. The minimum atomic E-state index is -0.258. The molecule has 2 N–H and O–H groups in total. The summed E-state index contributed by atoms with van der Waals surface area (Å²) in [7, 11) is 0. The third-order valence-electron chi connectivity index (χ3n) is 1.52. The Morgan fingerprint density at radius 1 is 1.57 bits per heavy atom. The number of rotatable bonds is 4. The van der Waals surface area contributed by atoms with E-state index in [0.717, 1.165) is 11.3 Å². The quantitative estimate of drug-likeness (QED) is 0.809. The van der Waals surface area contributed by atoms with E-state index in [4.69, 9.17) is 28.3 Å². The summed E-state index contributed by atoms with van der Waals surface area (Å²) >= 11 is 12.6. The molecule has 0 fully saturated rings. The van der Waals surface area contributed by atoms with E-state index in [1.54, 1.807) is 0 Å². The number of amides is 1. The second-order valence-corrected chi connectivity index (χ2v) is 4.86. The Bertz CT molecular complexity index is 327. The molecule has 0 spiro atoms. The Balaban J connectivity index is 2.56. The average Bonchev–Trinajstić information content (AvgIpc) is 2.45. The Hall–Kier alpha value is -0.290. The van der Waals surface area contributed by atoms with Gasteiger partial charge in [0.15, 0.2) is 0 Å². The van der Waals surface area contributed by atoms with Crippen LogP contribution < -0.4 is 5.32 Å². The summed E-state index contributed by atoms with van der Waals surface area (Å²) in [5.74, 6) is -0.258. The van der Waals surface area contributed by atoms with Crippen LogP contribution in [0.3, 0.4) is 0 Å². The number of aliphatic hydroxyl groups is 1. The molecule has 14 heavy (non-hydrogen) atoms. The molecule has 78 valence electrons. The van der Waals surface area contributed by atoms with Crippen LogP contribution in [0.4, 0.5) is 0 Å². The molecule has 3 nitrogen and oxygen atoms in total. The molecule has 1 rings (SSSR count). The number of hydrogen-bond acceptors (Lipinski definition) is 3. The third kappa shape index (κ3) is 3.13. The van der Waals surface area contributed by atoms with Gasteiger partial charge in [-0.2, -0.15) is 0 Å². The second-order valence-electron chi connectivity index (χ2n) is 2.57. The zero-order valence-electron chi connectivity index (χ0n) is 7.22. The molecule has 0 radical (unpaired) electrons. The van der Waals surface area contributed by atoms with E-state index in [0.29, 0.717) is 27.2 Å². The first kappa shape index (κ1) is 11.8. The fraction of sp³-hybridized carbons (Fsp3) is 0.375. The zero-order valence-corrected chi connectivity index (χ0v) is 9.55. The largest absolute Gasteiger partial charge is 0.396 e. The summed E-state index contributed by atoms with van der Waals surface area (Å²) in [6.45, 7) is 0.484. The van der Waals surface area contributed by atoms with Gasteiger partial charge in [0.2, 0.25) is 0 Å². The van der Waals surface area contributed by atoms with Gasteiger partial charge < -0.3 is 10.4 Å². The van der Waals surface area contributed by atoms with E-state index in [-0.39, 0.29) is 12.5 Å². The number of halogens is 2. The summed E-state index contributed by atoms with van der Waals surface area (Å²) in [5.41, 5.74) is 0.389. The van der Waals surface area contributed by atoms with Crippen LogP contribution in [0, 0.1) is 0 Å². The van der Waals surface area contributed by atoms with Crippen LogP contribution in [0.5, 0.6) is 0 Å². The summed E-state index contributed by atoms with van der Waals surface area (Å²) < 4.78 is 0.874. The maximum atomic E-state index is 11.4. The normalized spacial score (nSPS) is 10.2. The maximum Gasteiger partial charge on any atom is 0.253 e. The predicted molar refractivity (Wildman–Crippen MR) is 58.4 cm³/mol. The topological polar surface area (TPSA) is 49.3 Å². The number of thiophene rings is 1. The fourth-order valence-electron chi connectivity index (χ4n) is 0.871. The van der Waals surface area contributed by atoms with Gasteiger partial charge in [0.25, 0.3) is 5.91 Å². The lowest BCUT2D eigenvalue weighted by molar-refractivity contribution is 0.0952. The van der Waals surface area contributed by atoms with Crippen LogP contribution in [-0.2, 0) is 0 Å². The van der Waals surface area contributed by atoms with Crippen molar-refractivity contribution in [2.24, 2.45) is 0 Å². The van der Waals surface area contributed by atoms with Crippen molar-refractivity contribution in [2.75, 3.05) is 13.2 Å². The van der Waals surface area contributed by atoms with Crippen molar-refractivity contribution in [2.45, 2.75) is 6.42 Å². The predicted octanol–water partition coefficient (Wildman–Crippen LogP) is 2.17. The molecule has 1 aromatic heterocycles. The van der Waals surface area contributed by atoms with Crippen molar-refractivity contribution in [3.8, 4) is 0 Å². The summed E-state index contributed by atoms with van der Waals surface area (Å²) in [4.78, 5) is 11.4. The van der Waals surface area contributed by atoms with Crippen LogP contribution in [0.1, 0.15) is 16.8 Å². The number of aliphatic hydroxyl groups excluding tert-OH is 1. The lowest BCUT2D eigenvalue weighted by atomic mass is 10.3. The van der Waals surface area contributed by atoms with Crippen molar-refractivity contribution >= 4 is 40.4 Å². The number of carbonyl (C=O) groups is 1. The molecule has 0 bridgehead atoms. The molecule has 0 aromatic carbocycles. The fourth-order valence-corrected chi connectivity index (χ4v) is 2.33. The van der Waals surface area contributed by atoms with Gasteiger partial charge in [0.1, 0.15) is 4.34 Å². The third-order valence-corrected chi connectivity index (χ3v) is 3.01. The van der Waals surface area contributed by atoms with E-state index in [2.05, 4.69) is 5.32 Å². The number of carbonyl (C=O) groups excluding carboxylic acids is 1. The minimum Gasteiger partial charge on any atom is -0.396 e. The lowest BCUT2D eigenvalue weighted by Gasteiger charge is -2.01. The van der Waals surface area contributed by atoms with Crippen LogP contribution in [0.2, 0.25) is 8.67 Å². The lowest BCUT2D eigenvalue weighted by Crippen LogP contribution is -2.24. The molecule has 1 amide bonds. The summed E-state index contributed by atoms with van der Waals surface area (Å²) in [5, 5.41) is 11.1. The van der Waals surface area contributed by atoms with Crippen molar-refractivity contribution in [3.63, 3.8) is 0 Å². The zero-order chi connectivity index (χ0) is 10.6. The second kappa shape index (κ2) is 5.56. The summed E-state index contributed by atoms with van der Waals surface area (Å²) in [6.07, 6.45) is 0.529. The molecule has 0 aliphatic rings. The molecule has 0 atom stereocenters. The number of hydrogen-bond donors (Lipinski definition) is 2. The van der Waals surface area contributed by atoms with Gasteiger partial charge in [-0.05, 0) is 12.5 Å². The van der Waals surface area contributed by atoms with E-state index in [9.17, 15) is 4.79 Å². The Labute approximate surface area is 95.6 Å². The Morgan fingerprint density at radius 3 is 2.79 bits per heavy atom. The van der Waals surface area contributed by atoms with E-state index in [1.165, 1.54) is 6.07 Å². The average molecular weight is 254 g/mol. The van der Waals surface area contributed by atoms with Crippen molar-refractivity contribution in [1.82, 2.24) is 5.32 Å². The van der Waals surface area contributed by atoms with Crippen LogP contribution in [-0.4, -0.2) is 24.2 Å². The molecule has 0 aliphatic heterocycles. The highest BCUT2D eigenvalue weighted by Crippen LogP contribution is 2.30. The van der Waals surface area contributed by atoms with Crippen molar-refractivity contribution in [3.05, 3.63) is 20.3 Å². The highest BCUT2D eigenvalue weighted by molar-refractivity contribution is 7.20. The first-order valence-electron chi connectivity index (χ1n) is 3.99. The SMILES string of the molecule is O=C(NCCCO)c1cc(Cl)sc1Cl. The molecule has 0 aliphatic carbocycles. The van der Waals surface area contributed by atoms with Gasteiger partial charge in [-0.15, -0.1) is 11.3 Å². The highest BCUT2D eigenvalue weighted by atomic mass is 35.5. The minimum absolute atomic E-state index is 0.0540. The maximum absolute atomic E-state index is 11.4. The molecular formula is C8H9Cl2NO2S. The molecular weight excluding hydrogens is 245 g/mol. The van der Waals surface area contributed by atoms with Gasteiger partial charge >= 0.3 is 0 Å². The van der Waals surface area contributed by atoms with Gasteiger partial charge in [-0.3, -0.25) is 4.79 Å². The standard InChI is InChI=1S/C8H9Cl2NO2S/c9-6-4-5(7(10)14-6)8(13)11-2-1-3-12/h4,12H,1-3H2,(H,11,13). The molecule has 6 heteroatoms. The first-order valence-corrected chi connectivity index (χ1v) is 5.56. The molecule has 0 saturated heterocycles. The van der Waals surface area contributed by atoms with Crippen molar-refractivity contribution in [1.29, 1.82) is 0 Å². The van der Waals surface area contributed by atoms with Gasteiger partial charge in [0.05, 0.1) is 9.90 Å². The van der Waals surface area contributed by atoms with E-state index < -0.39 is 0 Å². The first-order chi connectivity index (χ1) is 6.65. The monoisotopic (exact) mass is 253 g/mol. The van der Waals surface area contributed by atoms with Crippen LogP contribution >= 0.6 is 34.5 Å². The molecule has 1 heterocycles. The van der Waals surface area contributed by atoms with Crippen LogP contribution in [0.15, 0.2) is 6.07 Å². The van der Waals surface area contributed by atoms with E-state index in [1.807, 2.05) is 0 Å².